The van der Waals surface area contributed by atoms with Gasteiger partial charge in [0.15, 0.2) is 0 Å². The predicted molar refractivity (Wildman–Crippen MR) is 64.3 cm³/mol. The van der Waals surface area contributed by atoms with E-state index in [1.807, 2.05) is 4.90 Å². The fourth-order valence-electron chi connectivity index (χ4n) is 2.46. The molecule has 0 spiro atoms. The van der Waals surface area contributed by atoms with Crippen LogP contribution >= 0.6 is 0 Å². The van der Waals surface area contributed by atoms with Crippen LogP contribution in [0.5, 0.6) is 0 Å². The van der Waals surface area contributed by atoms with E-state index in [1.54, 1.807) is 0 Å². The Morgan fingerprint density at radius 2 is 1.59 bits per heavy atom. The first-order valence-electron chi connectivity index (χ1n) is 6.39. The third-order valence-corrected chi connectivity index (χ3v) is 3.58. The lowest BCUT2D eigenvalue weighted by molar-refractivity contribution is -0.131. The minimum absolute atomic E-state index is 0.274. The molecule has 0 aromatic heterocycles. The molecular formula is C12H20N4O. The summed E-state index contributed by atoms with van der Waals surface area (Å²) >= 11 is 0. The van der Waals surface area contributed by atoms with Crippen molar-refractivity contribution >= 4 is 5.91 Å². The lowest BCUT2D eigenvalue weighted by Crippen LogP contribution is -2.49. The van der Waals surface area contributed by atoms with Crippen LogP contribution in [0.1, 0.15) is 12.8 Å². The molecule has 0 bridgehead atoms. The van der Waals surface area contributed by atoms with Gasteiger partial charge in [-0.25, -0.2) is 0 Å². The molecule has 2 aliphatic heterocycles. The Morgan fingerprint density at radius 1 is 1.00 bits per heavy atom. The molecule has 2 fully saturated rings. The molecule has 94 valence electrons. The van der Waals surface area contributed by atoms with Crippen LogP contribution in [-0.2, 0) is 4.79 Å². The van der Waals surface area contributed by atoms with Gasteiger partial charge in [-0.15, -0.1) is 0 Å². The number of amides is 1. The van der Waals surface area contributed by atoms with Crippen molar-refractivity contribution in [2.24, 2.45) is 0 Å². The maximum absolute atomic E-state index is 11.9. The van der Waals surface area contributed by atoms with E-state index in [4.69, 9.17) is 5.26 Å². The van der Waals surface area contributed by atoms with Gasteiger partial charge in [0.1, 0.15) is 0 Å². The van der Waals surface area contributed by atoms with Gasteiger partial charge in [0.25, 0.3) is 0 Å². The minimum Gasteiger partial charge on any atom is -0.342 e. The van der Waals surface area contributed by atoms with E-state index in [9.17, 15) is 4.79 Å². The van der Waals surface area contributed by atoms with Gasteiger partial charge in [0.05, 0.1) is 19.2 Å². The summed E-state index contributed by atoms with van der Waals surface area (Å²) in [5, 5.41) is 8.61. The van der Waals surface area contributed by atoms with Crippen molar-refractivity contribution in [1.29, 1.82) is 5.26 Å². The van der Waals surface area contributed by atoms with Gasteiger partial charge in [-0.1, -0.05) is 0 Å². The van der Waals surface area contributed by atoms with E-state index in [0.29, 0.717) is 13.1 Å². The van der Waals surface area contributed by atoms with Crippen LogP contribution in [0.25, 0.3) is 0 Å². The van der Waals surface area contributed by atoms with Crippen molar-refractivity contribution in [2.75, 3.05) is 52.4 Å². The molecule has 0 aromatic rings. The van der Waals surface area contributed by atoms with Crippen molar-refractivity contribution in [3.8, 4) is 6.07 Å². The number of rotatable bonds is 3. The SMILES string of the molecule is N#CCN1CCN(CC(=O)N2CCCC2)CC1. The summed E-state index contributed by atoms with van der Waals surface area (Å²) in [4.78, 5) is 18.3. The molecule has 0 radical (unpaired) electrons. The van der Waals surface area contributed by atoms with E-state index in [-0.39, 0.29) is 5.91 Å². The summed E-state index contributed by atoms with van der Waals surface area (Å²) < 4.78 is 0. The van der Waals surface area contributed by atoms with Gasteiger partial charge >= 0.3 is 0 Å². The molecule has 5 nitrogen and oxygen atoms in total. The molecule has 0 saturated carbocycles. The van der Waals surface area contributed by atoms with E-state index >= 15 is 0 Å². The molecule has 0 N–H and O–H groups in total. The summed E-state index contributed by atoms with van der Waals surface area (Å²) in [5.41, 5.74) is 0. The van der Waals surface area contributed by atoms with Crippen LogP contribution in [0.4, 0.5) is 0 Å². The van der Waals surface area contributed by atoms with E-state index in [1.165, 1.54) is 0 Å². The Balaban J connectivity index is 1.70. The molecule has 0 aliphatic carbocycles. The zero-order chi connectivity index (χ0) is 12.1. The molecule has 0 atom stereocenters. The van der Waals surface area contributed by atoms with Gasteiger partial charge in [0.2, 0.25) is 5.91 Å². The Kier molecular flexibility index (Phi) is 4.35. The van der Waals surface area contributed by atoms with E-state index in [2.05, 4.69) is 15.9 Å². The second-order valence-corrected chi connectivity index (χ2v) is 4.80. The highest BCUT2D eigenvalue weighted by atomic mass is 16.2. The van der Waals surface area contributed by atoms with Crippen LogP contribution in [0.15, 0.2) is 0 Å². The molecule has 2 rings (SSSR count). The van der Waals surface area contributed by atoms with Crippen molar-refractivity contribution < 1.29 is 4.79 Å². The highest BCUT2D eigenvalue weighted by Gasteiger charge is 2.22. The van der Waals surface area contributed by atoms with Crippen LogP contribution in [0.3, 0.4) is 0 Å². The second-order valence-electron chi connectivity index (χ2n) is 4.80. The zero-order valence-corrected chi connectivity index (χ0v) is 10.3. The number of nitriles is 1. The average molecular weight is 236 g/mol. The van der Waals surface area contributed by atoms with E-state index < -0.39 is 0 Å². The number of likely N-dealkylation sites (tertiary alicyclic amines) is 1. The molecule has 0 aromatic carbocycles. The molecule has 2 heterocycles. The molecule has 17 heavy (non-hydrogen) atoms. The van der Waals surface area contributed by atoms with Gasteiger partial charge in [-0.05, 0) is 12.8 Å². The lowest BCUT2D eigenvalue weighted by Gasteiger charge is -2.33. The maximum Gasteiger partial charge on any atom is 0.236 e. The first-order chi connectivity index (χ1) is 8.29. The lowest BCUT2D eigenvalue weighted by atomic mass is 10.3. The number of hydrogen-bond acceptors (Lipinski definition) is 4. The fourth-order valence-corrected chi connectivity index (χ4v) is 2.46. The number of carbonyl (C=O) groups excluding carboxylic acids is 1. The number of nitrogens with zero attached hydrogens (tertiary/aromatic N) is 4. The normalized spacial score (nSPS) is 22.6. The topological polar surface area (TPSA) is 50.6 Å². The summed E-state index contributed by atoms with van der Waals surface area (Å²) in [6.07, 6.45) is 2.31. The minimum atomic E-state index is 0.274. The smallest absolute Gasteiger partial charge is 0.236 e. The zero-order valence-electron chi connectivity index (χ0n) is 10.3. The third kappa shape index (κ3) is 3.42. The number of hydrogen-bond donors (Lipinski definition) is 0. The third-order valence-electron chi connectivity index (χ3n) is 3.58. The van der Waals surface area contributed by atoms with Crippen molar-refractivity contribution in [3.05, 3.63) is 0 Å². The first-order valence-corrected chi connectivity index (χ1v) is 6.39. The monoisotopic (exact) mass is 236 g/mol. The Labute approximate surface area is 103 Å². The quantitative estimate of drug-likeness (QED) is 0.634. The fraction of sp³-hybridized carbons (Fsp3) is 0.833. The summed E-state index contributed by atoms with van der Waals surface area (Å²) in [6, 6.07) is 2.17. The Hall–Kier alpha value is -1.12. The van der Waals surface area contributed by atoms with E-state index in [0.717, 1.165) is 52.1 Å². The average Bonchev–Trinajstić information content (AvgIpc) is 2.86. The summed E-state index contributed by atoms with van der Waals surface area (Å²) in [6.45, 7) is 6.55. The molecule has 2 aliphatic rings. The van der Waals surface area contributed by atoms with Crippen molar-refractivity contribution in [2.45, 2.75) is 12.8 Å². The molecule has 2 saturated heterocycles. The Bertz CT molecular complexity index is 298. The molecular weight excluding hydrogens is 216 g/mol. The van der Waals surface area contributed by atoms with Crippen molar-refractivity contribution in [3.63, 3.8) is 0 Å². The standard InChI is InChI=1S/C12H20N4O/c13-3-6-14-7-9-15(10-8-14)11-12(17)16-4-1-2-5-16/h1-2,4-11H2. The predicted octanol–water partition coefficient (Wildman–Crippen LogP) is -0.250. The number of piperazine rings is 1. The second kappa shape index (κ2) is 5.99. The highest BCUT2D eigenvalue weighted by Crippen LogP contribution is 2.09. The summed E-state index contributed by atoms with van der Waals surface area (Å²) in [7, 11) is 0. The van der Waals surface area contributed by atoms with Crippen LogP contribution in [0.2, 0.25) is 0 Å². The van der Waals surface area contributed by atoms with Gasteiger partial charge in [-0.3, -0.25) is 14.6 Å². The Morgan fingerprint density at radius 3 is 2.18 bits per heavy atom. The van der Waals surface area contributed by atoms with Crippen molar-refractivity contribution in [1.82, 2.24) is 14.7 Å². The first kappa shape index (κ1) is 12.3. The van der Waals surface area contributed by atoms with Gasteiger partial charge < -0.3 is 4.90 Å². The molecule has 5 heteroatoms. The van der Waals surface area contributed by atoms with Gasteiger partial charge in [-0.2, -0.15) is 5.26 Å². The summed E-state index contributed by atoms with van der Waals surface area (Å²) in [5.74, 6) is 0.274. The maximum atomic E-state index is 11.9. The van der Waals surface area contributed by atoms with Gasteiger partial charge in [0, 0.05) is 39.3 Å². The van der Waals surface area contributed by atoms with Crippen LogP contribution in [-0.4, -0.2) is 73.0 Å². The molecule has 0 unspecified atom stereocenters. The van der Waals surface area contributed by atoms with Crippen LogP contribution < -0.4 is 0 Å². The van der Waals surface area contributed by atoms with Crippen LogP contribution in [0, 0.1) is 11.3 Å². The number of carbonyl (C=O) groups is 1. The largest absolute Gasteiger partial charge is 0.342 e. The highest BCUT2D eigenvalue weighted by molar-refractivity contribution is 5.78. The molecule has 1 amide bonds.